The van der Waals surface area contributed by atoms with Gasteiger partial charge in [0.15, 0.2) is 0 Å². The molecule has 0 radical (unpaired) electrons. The highest BCUT2D eigenvalue weighted by Crippen LogP contribution is 2.41. The van der Waals surface area contributed by atoms with Crippen molar-refractivity contribution in [1.29, 1.82) is 0 Å². The number of aromatic amines is 1. The Kier molecular flexibility index (Phi) is 3.71. The molecule has 130 valence electrons. The van der Waals surface area contributed by atoms with E-state index in [1.165, 1.54) is 41.7 Å². The third kappa shape index (κ3) is 2.67. The molecule has 2 aromatic heterocycles. The zero-order chi connectivity index (χ0) is 17.5. The van der Waals surface area contributed by atoms with Crippen LogP contribution < -0.4 is 5.32 Å². The van der Waals surface area contributed by atoms with Crippen LogP contribution in [-0.2, 0) is 0 Å². The molecule has 0 spiro atoms. The van der Waals surface area contributed by atoms with Gasteiger partial charge in [0.1, 0.15) is 5.82 Å². The first-order chi connectivity index (χ1) is 12.8. The second kappa shape index (κ2) is 6.22. The molecule has 0 amide bonds. The van der Waals surface area contributed by atoms with Crippen LogP contribution in [0.2, 0.25) is 0 Å². The Hall–Kier alpha value is -2.72. The van der Waals surface area contributed by atoms with Crippen LogP contribution in [-0.4, -0.2) is 22.1 Å². The second-order valence-electron chi connectivity index (χ2n) is 7.14. The van der Waals surface area contributed by atoms with Crippen molar-refractivity contribution in [2.24, 2.45) is 0 Å². The van der Waals surface area contributed by atoms with Gasteiger partial charge in [0.05, 0.1) is 5.69 Å². The van der Waals surface area contributed by atoms with Crippen LogP contribution in [0.1, 0.15) is 24.8 Å². The third-order valence-electron chi connectivity index (χ3n) is 5.47. The number of H-pyrrole nitrogens is 1. The molecule has 3 aromatic rings. The van der Waals surface area contributed by atoms with E-state index in [0.717, 1.165) is 23.2 Å². The molecule has 2 unspecified atom stereocenters. The molecular formula is C22H20FN3. The summed E-state index contributed by atoms with van der Waals surface area (Å²) in [4.78, 5) is 7.61. The van der Waals surface area contributed by atoms with Crippen LogP contribution in [0, 0.1) is 5.82 Å². The molecule has 4 heterocycles. The molecule has 2 N–H and O–H groups in total. The first-order valence-corrected chi connectivity index (χ1v) is 9.13. The number of pyridine rings is 1. The molecule has 2 aliphatic heterocycles. The fourth-order valence-corrected chi connectivity index (χ4v) is 4.26. The second-order valence-corrected chi connectivity index (χ2v) is 7.14. The van der Waals surface area contributed by atoms with Crippen molar-refractivity contribution in [2.75, 3.05) is 0 Å². The van der Waals surface area contributed by atoms with E-state index >= 15 is 0 Å². The van der Waals surface area contributed by atoms with Crippen molar-refractivity contribution in [3.8, 4) is 22.4 Å². The molecule has 0 saturated carbocycles. The summed E-state index contributed by atoms with van der Waals surface area (Å²) in [6.45, 7) is 0. The van der Waals surface area contributed by atoms with Crippen molar-refractivity contribution in [1.82, 2.24) is 15.3 Å². The molecule has 5 rings (SSSR count). The van der Waals surface area contributed by atoms with Crippen LogP contribution in [0.15, 0.2) is 61.1 Å². The van der Waals surface area contributed by atoms with Crippen molar-refractivity contribution < 1.29 is 4.39 Å². The first-order valence-electron chi connectivity index (χ1n) is 9.13. The summed E-state index contributed by atoms with van der Waals surface area (Å²) in [7, 11) is 0. The Labute approximate surface area is 152 Å². The van der Waals surface area contributed by atoms with Gasteiger partial charge in [-0.15, -0.1) is 0 Å². The zero-order valence-corrected chi connectivity index (χ0v) is 14.4. The summed E-state index contributed by atoms with van der Waals surface area (Å²) in [5, 5.41) is 3.66. The van der Waals surface area contributed by atoms with Gasteiger partial charge in [-0.3, -0.25) is 4.98 Å². The summed E-state index contributed by atoms with van der Waals surface area (Å²) in [6, 6.07) is 11.8. The van der Waals surface area contributed by atoms with E-state index in [1.54, 1.807) is 0 Å². The molecule has 4 heteroatoms. The number of nitrogens with one attached hydrogen (secondary N) is 2. The van der Waals surface area contributed by atoms with Gasteiger partial charge < -0.3 is 10.3 Å². The normalized spacial score (nSPS) is 21.7. The quantitative estimate of drug-likeness (QED) is 0.716. The fraction of sp³-hybridized carbons (Fsp3) is 0.227. The fourth-order valence-electron chi connectivity index (χ4n) is 4.26. The molecule has 26 heavy (non-hydrogen) atoms. The first kappa shape index (κ1) is 15.5. The smallest absolute Gasteiger partial charge is 0.123 e. The molecule has 1 aromatic carbocycles. The third-order valence-corrected chi connectivity index (χ3v) is 5.47. The number of hydrogen-bond acceptors (Lipinski definition) is 2. The van der Waals surface area contributed by atoms with Crippen LogP contribution in [0.5, 0.6) is 0 Å². The Balaban J connectivity index is 1.67. The minimum absolute atomic E-state index is 0.219. The van der Waals surface area contributed by atoms with Gasteiger partial charge in [-0.05, 0) is 72.4 Å². The van der Waals surface area contributed by atoms with Crippen molar-refractivity contribution in [3.05, 3.63) is 72.4 Å². The van der Waals surface area contributed by atoms with Gasteiger partial charge in [0, 0.05) is 41.8 Å². The van der Waals surface area contributed by atoms with Crippen molar-refractivity contribution in [3.63, 3.8) is 0 Å². The minimum Gasteiger partial charge on any atom is -0.360 e. The largest absolute Gasteiger partial charge is 0.360 e. The zero-order valence-electron chi connectivity index (χ0n) is 14.4. The maximum atomic E-state index is 13.4. The van der Waals surface area contributed by atoms with Gasteiger partial charge >= 0.3 is 0 Å². The van der Waals surface area contributed by atoms with E-state index in [4.69, 9.17) is 0 Å². The Morgan fingerprint density at radius 1 is 0.962 bits per heavy atom. The van der Waals surface area contributed by atoms with Crippen molar-refractivity contribution in [2.45, 2.75) is 31.3 Å². The average molecular weight is 345 g/mol. The molecule has 2 atom stereocenters. The SMILES string of the molecule is Fc1ccc(-c2[nH]cc(C3=CC4CCC(C3)N4)c2-c2ccncc2)cc1. The maximum absolute atomic E-state index is 13.4. The van der Waals surface area contributed by atoms with E-state index < -0.39 is 0 Å². The number of nitrogens with zero attached hydrogens (tertiary/aromatic N) is 1. The number of rotatable bonds is 3. The van der Waals surface area contributed by atoms with Crippen LogP contribution in [0.3, 0.4) is 0 Å². The van der Waals surface area contributed by atoms with E-state index in [1.807, 2.05) is 36.7 Å². The average Bonchev–Trinajstić information content (AvgIpc) is 3.26. The van der Waals surface area contributed by atoms with Crippen molar-refractivity contribution >= 4 is 5.57 Å². The molecule has 2 bridgehead atoms. The molecule has 2 aliphatic rings. The van der Waals surface area contributed by atoms with Crippen LogP contribution in [0.4, 0.5) is 4.39 Å². The molecular weight excluding hydrogens is 325 g/mol. The van der Waals surface area contributed by atoms with E-state index in [0.29, 0.717) is 12.1 Å². The lowest BCUT2D eigenvalue weighted by Gasteiger charge is -2.22. The highest BCUT2D eigenvalue weighted by atomic mass is 19.1. The predicted molar refractivity (Wildman–Crippen MR) is 102 cm³/mol. The summed E-state index contributed by atoms with van der Waals surface area (Å²) >= 11 is 0. The number of fused-ring (bicyclic) bond motifs is 2. The lowest BCUT2D eigenvalue weighted by atomic mass is 9.90. The van der Waals surface area contributed by atoms with Crippen LogP contribution >= 0.6 is 0 Å². The summed E-state index contributed by atoms with van der Waals surface area (Å²) in [5.41, 5.74) is 6.95. The van der Waals surface area contributed by atoms with Gasteiger partial charge in [0.25, 0.3) is 0 Å². The summed E-state index contributed by atoms with van der Waals surface area (Å²) < 4.78 is 13.4. The number of halogens is 1. The highest BCUT2D eigenvalue weighted by Gasteiger charge is 2.30. The topological polar surface area (TPSA) is 40.7 Å². The highest BCUT2D eigenvalue weighted by molar-refractivity contribution is 5.91. The number of benzene rings is 1. The summed E-state index contributed by atoms with van der Waals surface area (Å²) in [5.74, 6) is -0.219. The van der Waals surface area contributed by atoms with Gasteiger partial charge in [0.2, 0.25) is 0 Å². The predicted octanol–water partition coefficient (Wildman–Crippen LogP) is 4.79. The molecule has 0 aliphatic carbocycles. The number of hydrogen-bond donors (Lipinski definition) is 2. The molecule has 1 fully saturated rings. The van der Waals surface area contributed by atoms with Gasteiger partial charge in [-0.25, -0.2) is 4.39 Å². The van der Waals surface area contributed by atoms with E-state index in [2.05, 4.69) is 27.6 Å². The summed E-state index contributed by atoms with van der Waals surface area (Å²) in [6.07, 6.45) is 11.6. The monoisotopic (exact) mass is 345 g/mol. The number of aromatic nitrogens is 2. The van der Waals surface area contributed by atoms with Gasteiger partial charge in [-0.2, -0.15) is 0 Å². The lowest BCUT2D eigenvalue weighted by Crippen LogP contribution is -2.31. The Morgan fingerprint density at radius 3 is 2.54 bits per heavy atom. The van der Waals surface area contributed by atoms with Crippen LogP contribution in [0.25, 0.3) is 28.0 Å². The minimum atomic E-state index is -0.219. The Bertz CT molecular complexity index is 957. The van der Waals surface area contributed by atoms with E-state index in [-0.39, 0.29) is 5.82 Å². The molecule has 3 nitrogen and oxygen atoms in total. The standard InChI is InChI=1S/C22H20FN3/c23-17-3-1-15(2-4-17)22-21(14-7-9-24-10-8-14)20(13-25-22)16-11-18-5-6-19(12-16)26-18/h1-4,7-11,13,18-19,25-26H,5-6,12H2. The maximum Gasteiger partial charge on any atom is 0.123 e. The van der Waals surface area contributed by atoms with E-state index in [9.17, 15) is 4.39 Å². The lowest BCUT2D eigenvalue weighted by molar-refractivity contribution is 0.575. The van der Waals surface area contributed by atoms with Gasteiger partial charge in [-0.1, -0.05) is 6.08 Å². The molecule has 1 saturated heterocycles. The Morgan fingerprint density at radius 2 is 1.77 bits per heavy atom.